The van der Waals surface area contributed by atoms with E-state index >= 15 is 0 Å². The van der Waals surface area contributed by atoms with Crippen molar-refractivity contribution < 1.29 is 22.7 Å². The van der Waals surface area contributed by atoms with Crippen molar-refractivity contribution >= 4 is 17.7 Å². The zero-order valence-corrected chi connectivity index (χ0v) is 17.0. The number of hydrogen-bond acceptors (Lipinski definition) is 4. The third kappa shape index (κ3) is 4.76. The van der Waals surface area contributed by atoms with Gasteiger partial charge in [-0.15, -0.1) is 11.8 Å². The second-order valence-corrected chi connectivity index (χ2v) is 8.37. The molecule has 1 amide bonds. The lowest BCUT2D eigenvalue weighted by atomic mass is 10.1. The molecule has 1 aromatic carbocycles. The fourth-order valence-corrected chi connectivity index (χ4v) is 4.91. The molecule has 0 aliphatic heterocycles. The topological polar surface area (TPSA) is 50.4 Å². The van der Waals surface area contributed by atoms with Gasteiger partial charge in [-0.25, -0.2) is 0 Å². The Balaban J connectivity index is 1.79. The SMILES string of the molecule is COc1cc(C(F)(F)F)cc(SC)c1C(=O)N[C@@H]1CCC[C@@H]1NC1CCCC1. The van der Waals surface area contributed by atoms with Gasteiger partial charge in [0.2, 0.25) is 0 Å². The molecule has 0 radical (unpaired) electrons. The molecule has 28 heavy (non-hydrogen) atoms. The van der Waals surface area contributed by atoms with Crippen molar-refractivity contribution in [1.82, 2.24) is 10.6 Å². The van der Waals surface area contributed by atoms with Crippen LogP contribution in [0.5, 0.6) is 5.75 Å². The number of hydrogen-bond donors (Lipinski definition) is 2. The van der Waals surface area contributed by atoms with E-state index < -0.39 is 11.7 Å². The number of ether oxygens (including phenoxy) is 1. The van der Waals surface area contributed by atoms with Crippen molar-refractivity contribution in [3.8, 4) is 5.75 Å². The first-order chi connectivity index (χ1) is 13.3. The lowest BCUT2D eigenvalue weighted by Gasteiger charge is -2.26. The van der Waals surface area contributed by atoms with Crippen LogP contribution >= 0.6 is 11.8 Å². The van der Waals surface area contributed by atoms with Crippen LogP contribution < -0.4 is 15.4 Å². The van der Waals surface area contributed by atoms with Gasteiger partial charge >= 0.3 is 6.18 Å². The average molecular weight is 417 g/mol. The molecule has 2 N–H and O–H groups in total. The fraction of sp³-hybridized carbons (Fsp3) is 0.650. The maximum atomic E-state index is 13.2. The molecule has 0 spiro atoms. The maximum absolute atomic E-state index is 13.2. The zero-order valence-electron chi connectivity index (χ0n) is 16.2. The van der Waals surface area contributed by atoms with Gasteiger partial charge in [-0.05, 0) is 50.5 Å². The molecule has 2 aliphatic rings. The van der Waals surface area contributed by atoms with E-state index in [2.05, 4.69) is 10.6 Å². The van der Waals surface area contributed by atoms with Crippen molar-refractivity contribution in [3.63, 3.8) is 0 Å². The fourth-order valence-electron chi connectivity index (χ4n) is 4.27. The molecular formula is C20H27F3N2O2S. The van der Waals surface area contributed by atoms with Crippen molar-refractivity contribution in [1.29, 1.82) is 0 Å². The number of carbonyl (C=O) groups is 1. The Kier molecular flexibility index (Phi) is 6.81. The largest absolute Gasteiger partial charge is 0.496 e. The summed E-state index contributed by atoms with van der Waals surface area (Å²) in [7, 11) is 1.29. The minimum absolute atomic E-state index is 0.0187. The summed E-state index contributed by atoms with van der Waals surface area (Å²) in [4.78, 5) is 13.3. The van der Waals surface area contributed by atoms with Gasteiger partial charge in [0.15, 0.2) is 0 Å². The Hall–Kier alpha value is -1.41. The van der Waals surface area contributed by atoms with Crippen LogP contribution in [0.2, 0.25) is 0 Å². The smallest absolute Gasteiger partial charge is 0.416 e. The summed E-state index contributed by atoms with van der Waals surface area (Å²) in [5.41, 5.74) is -0.638. The van der Waals surface area contributed by atoms with Gasteiger partial charge < -0.3 is 15.4 Å². The molecule has 2 aliphatic carbocycles. The number of halogens is 3. The van der Waals surface area contributed by atoms with Crippen molar-refractivity contribution in [2.75, 3.05) is 13.4 Å². The third-order valence-electron chi connectivity index (χ3n) is 5.70. The highest BCUT2D eigenvalue weighted by atomic mass is 32.2. The Morgan fingerprint density at radius 1 is 1.11 bits per heavy atom. The van der Waals surface area contributed by atoms with Crippen LogP contribution in [-0.4, -0.2) is 37.4 Å². The number of amides is 1. The normalized spacial score (nSPS) is 23.2. The predicted octanol–water partition coefficient (Wildman–Crippen LogP) is 4.62. The molecule has 2 saturated carbocycles. The zero-order chi connectivity index (χ0) is 20.3. The Morgan fingerprint density at radius 2 is 1.79 bits per heavy atom. The van der Waals surface area contributed by atoms with Crippen LogP contribution in [-0.2, 0) is 6.18 Å². The van der Waals surface area contributed by atoms with E-state index in [1.54, 1.807) is 6.26 Å². The maximum Gasteiger partial charge on any atom is 0.416 e. The molecule has 2 atom stereocenters. The summed E-state index contributed by atoms with van der Waals surface area (Å²) < 4.78 is 44.6. The Bertz CT molecular complexity index is 680. The molecule has 2 fully saturated rings. The lowest BCUT2D eigenvalue weighted by Crippen LogP contribution is -2.49. The first-order valence-corrected chi connectivity index (χ1v) is 11.0. The number of methoxy groups -OCH3 is 1. The Labute approximate surface area is 168 Å². The molecule has 156 valence electrons. The highest BCUT2D eigenvalue weighted by Gasteiger charge is 2.35. The van der Waals surface area contributed by atoms with Crippen LogP contribution in [0.1, 0.15) is 60.9 Å². The van der Waals surface area contributed by atoms with Crippen LogP contribution in [0, 0.1) is 0 Å². The molecule has 0 unspecified atom stereocenters. The molecule has 0 bridgehead atoms. The number of thioether (sulfide) groups is 1. The van der Waals surface area contributed by atoms with Crippen molar-refractivity contribution in [2.45, 2.75) is 74.1 Å². The monoisotopic (exact) mass is 416 g/mol. The quantitative estimate of drug-likeness (QED) is 0.665. The number of benzene rings is 1. The van der Waals surface area contributed by atoms with E-state index in [0.717, 1.165) is 43.2 Å². The van der Waals surface area contributed by atoms with Crippen molar-refractivity contribution in [2.24, 2.45) is 0 Å². The van der Waals surface area contributed by atoms with E-state index in [0.29, 0.717) is 6.04 Å². The van der Waals surface area contributed by atoms with E-state index in [4.69, 9.17) is 4.74 Å². The second kappa shape index (κ2) is 8.95. The van der Waals surface area contributed by atoms with Crippen LogP contribution in [0.25, 0.3) is 0 Å². The summed E-state index contributed by atoms with van der Waals surface area (Å²) in [5.74, 6) is -0.421. The number of carbonyl (C=O) groups excluding carboxylic acids is 1. The molecule has 0 saturated heterocycles. The number of alkyl halides is 3. The molecule has 0 aromatic heterocycles. The highest BCUT2D eigenvalue weighted by molar-refractivity contribution is 7.98. The molecule has 3 rings (SSSR count). The van der Waals surface area contributed by atoms with Gasteiger partial charge in [-0.2, -0.15) is 13.2 Å². The first kappa shape index (κ1) is 21.3. The van der Waals surface area contributed by atoms with E-state index in [-0.39, 0.29) is 34.2 Å². The van der Waals surface area contributed by atoms with Crippen molar-refractivity contribution in [3.05, 3.63) is 23.3 Å². The number of rotatable bonds is 6. The summed E-state index contributed by atoms with van der Waals surface area (Å²) in [6, 6.07) is 2.62. The van der Waals surface area contributed by atoms with Gasteiger partial charge in [-0.1, -0.05) is 12.8 Å². The summed E-state index contributed by atoms with van der Waals surface area (Å²) >= 11 is 1.11. The lowest BCUT2D eigenvalue weighted by molar-refractivity contribution is -0.137. The highest BCUT2D eigenvalue weighted by Crippen LogP contribution is 2.38. The first-order valence-electron chi connectivity index (χ1n) is 9.73. The average Bonchev–Trinajstić information content (AvgIpc) is 3.32. The van der Waals surface area contributed by atoms with Crippen LogP contribution in [0.15, 0.2) is 17.0 Å². The van der Waals surface area contributed by atoms with Gasteiger partial charge in [0.25, 0.3) is 5.91 Å². The molecule has 1 aromatic rings. The summed E-state index contributed by atoms with van der Waals surface area (Å²) in [6.07, 6.45) is 4.87. The molecule has 0 heterocycles. The number of nitrogens with one attached hydrogen (secondary N) is 2. The Morgan fingerprint density at radius 3 is 2.39 bits per heavy atom. The summed E-state index contributed by atoms with van der Waals surface area (Å²) in [6.45, 7) is 0. The van der Waals surface area contributed by atoms with Crippen LogP contribution in [0.3, 0.4) is 0 Å². The van der Waals surface area contributed by atoms with E-state index in [9.17, 15) is 18.0 Å². The third-order valence-corrected chi connectivity index (χ3v) is 6.46. The molecule has 4 nitrogen and oxygen atoms in total. The van der Waals surface area contributed by atoms with Gasteiger partial charge in [-0.3, -0.25) is 4.79 Å². The minimum Gasteiger partial charge on any atom is -0.496 e. The van der Waals surface area contributed by atoms with Crippen LogP contribution in [0.4, 0.5) is 13.2 Å². The van der Waals surface area contributed by atoms with Gasteiger partial charge in [0.1, 0.15) is 5.75 Å². The van der Waals surface area contributed by atoms with Gasteiger partial charge in [0, 0.05) is 23.0 Å². The van der Waals surface area contributed by atoms with Gasteiger partial charge in [0.05, 0.1) is 18.2 Å². The van der Waals surface area contributed by atoms with E-state index in [1.807, 2.05) is 0 Å². The molecular weight excluding hydrogens is 389 g/mol. The predicted molar refractivity (Wildman–Crippen MR) is 104 cm³/mol. The summed E-state index contributed by atoms with van der Waals surface area (Å²) in [5, 5.41) is 6.72. The second-order valence-electron chi connectivity index (χ2n) is 7.52. The van der Waals surface area contributed by atoms with E-state index in [1.165, 1.54) is 32.8 Å². The standard InChI is InChI=1S/C20H27F3N2O2S/c1-27-16-10-12(20(21,22)23)11-17(28-2)18(16)19(26)25-15-9-5-8-14(15)24-13-6-3-4-7-13/h10-11,13-15,24H,3-9H2,1-2H3,(H,25,26)/t14-,15+/m0/s1. The minimum atomic E-state index is -4.49. The molecule has 8 heteroatoms.